The molecule has 1 saturated heterocycles. The normalized spacial score (nSPS) is 19.5. The molecule has 3 heterocycles. The van der Waals surface area contributed by atoms with E-state index in [0.717, 1.165) is 16.7 Å². The lowest BCUT2D eigenvalue weighted by Gasteiger charge is -2.37. The van der Waals surface area contributed by atoms with Crippen LogP contribution in [-0.4, -0.2) is 74.4 Å². The third kappa shape index (κ3) is 5.74. The first-order valence-corrected chi connectivity index (χ1v) is 14.9. The number of hydrogen-bond donors (Lipinski definition) is 3. The van der Waals surface area contributed by atoms with Gasteiger partial charge in [0.2, 0.25) is 11.9 Å². The highest BCUT2D eigenvalue weighted by atomic mass is 16.6. The summed E-state index contributed by atoms with van der Waals surface area (Å²) in [6, 6.07) is 24.7. The van der Waals surface area contributed by atoms with Gasteiger partial charge in [-0.1, -0.05) is 54.6 Å². The van der Waals surface area contributed by atoms with Crippen molar-refractivity contribution in [3.8, 4) is 11.5 Å². The summed E-state index contributed by atoms with van der Waals surface area (Å²) in [6.45, 7) is 1.15. The Hall–Kier alpha value is -5.08. The third-order valence-corrected chi connectivity index (χ3v) is 8.34. The molecule has 0 unspecified atom stereocenters. The van der Waals surface area contributed by atoms with Crippen LogP contribution in [0.2, 0.25) is 0 Å². The van der Waals surface area contributed by atoms with Gasteiger partial charge >= 0.3 is 0 Å². The molecule has 0 saturated carbocycles. The number of methoxy groups -OCH3 is 2. The van der Waals surface area contributed by atoms with Crippen molar-refractivity contribution in [2.75, 3.05) is 26.1 Å². The highest BCUT2D eigenvalue weighted by molar-refractivity contribution is 5.87. The zero-order valence-electron chi connectivity index (χ0n) is 26.2. The molecular weight excluding hydrogens is 606 g/mol. The molecule has 13 heteroatoms. The molecule has 0 radical (unpaired) electrons. The van der Waals surface area contributed by atoms with Crippen LogP contribution in [0.4, 0.5) is 5.95 Å². The van der Waals surface area contributed by atoms with E-state index in [-0.39, 0.29) is 23.7 Å². The van der Waals surface area contributed by atoms with Gasteiger partial charge in [0.25, 0.3) is 5.56 Å². The Labute approximate surface area is 269 Å². The molecule has 244 valence electrons. The van der Waals surface area contributed by atoms with Gasteiger partial charge in [0.1, 0.15) is 35.4 Å². The van der Waals surface area contributed by atoms with E-state index in [0.29, 0.717) is 11.5 Å². The predicted molar refractivity (Wildman–Crippen MR) is 171 cm³/mol. The topological polar surface area (TPSA) is 159 Å². The quantitative estimate of drug-likeness (QED) is 0.194. The maximum Gasteiger partial charge on any atom is 0.282 e. The Balaban J connectivity index is 1.38. The second-order valence-electron chi connectivity index (χ2n) is 11.2. The number of imidazole rings is 1. The van der Waals surface area contributed by atoms with E-state index in [1.54, 1.807) is 14.2 Å². The minimum atomic E-state index is -1.43. The number of amides is 1. The number of rotatable bonds is 10. The van der Waals surface area contributed by atoms with E-state index in [2.05, 4.69) is 15.3 Å². The molecule has 0 bridgehead atoms. The van der Waals surface area contributed by atoms with Crippen LogP contribution in [0.5, 0.6) is 11.5 Å². The van der Waals surface area contributed by atoms with Crippen molar-refractivity contribution in [3.05, 3.63) is 112 Å². The minimum absolute atomic E-state index is 0.00343. The summed E-state index contributed by atoms with van der Waals surface area (Å²) in [4.78, 5) is 33.3. The van der Waals surface area contributed by atoms with Crippen molar-refractivity contribution in [1.82, 2.24) is 19.1 Å². The Morgan fingerprint density at radius 2 is 1.49 bits per heavy atom. The number of aliphatic hydroxyl groups excluding tert-OH is 2. The summed E-state index contributed by atoms with van der Waals surface area (Å²) in [5.74, 6) is 0.918. The van der Waals surface area contributed by atoms with Gasteiger partial charge < -0.3 is 29.2 Å². The van der Waals surface area contributed by atoms with Crippen molar-refractivity contribution in [3.63, 3.8) is 0 Å². The van der Waals surface area contributed by atoms with Crippen LogP contribution in [0, 0.1) is 0 Å². The van der Waals surface area contributed by atoms with Crippen LogP contribution < -0.4 is 20.3 Å². The van der Waals surface area contributed by atoms with Gasteiger partial charge in [-0.3, -0.25) is 24.0 Å². The Morgan fingerprint density at radius 3 is 2.04 bits per heavy atom. The number of nitrogens with zero attached hydrogens (tertiary/aromatic N) is 4. The summed E-state index contributed by atoms with van der Waals surface area (Å²) in [7, 11) is 4.65. The zero-order valence-corrected chi connectivity index (χ0v) is 26.2. The van der Waals surface area contributed by atoms with Crippen molar-refractivity contribution < 1.29 is 34.0 Å². The number of benzene rings is 3. The molecule has 3 aromatic carbocycles. The lowest BCUT2D eigenvalue weighted by atomic mass is 9.80. The molecular formula is C34H35N5O8. The molecule has 0 aliphatic carbocycles. The van der Waals surface area contributed by atoms with Crippen molar-refractivity contribution in [2.45, 2.75) is 37.1 Å². The Kier molecular flexibility index (Phi) is 8.80. The number of carbonyl (C=O) groups excluding carboxylic acids is 1. The number of carbonyl (C=O) groups is 1. The van der Waals surface area contributed by atoms with E-state index in [9.17, 15) is 19.8 Å². The van der Waals surface area contributed by atoms with Crippen LogP contribution in [-0.2, 0) is 26.9 Å². The molecule has 13 nitrogen and oxygen atoms in total. The summed E-state index contributed by atoms with van der Waals surface area (Å²) in [6.07, 6.45) is -3.67. The van der Waals surface area contributed by atoms with Crippen LogP contribution >= 0.6 is 0 Å². The molecule has 1 aliphatic heterocycles. The van der Waals surface area contributed by atoms with E-state index in [1.807, 2.05) is 78.9 Å². The molecule has 3 N–H and O–H groups in total. The van der Waals surface area contributed by atoms with Gasteiger partial charge in [0.05, 0.1) is 27.2 Å². The smallest absolute Gasteiger partial charge is 0.282 e. The molecule has 2 aromatic heterocycles. The minimum Gasteiger partial charge on any atom is -0.497 e. The van der Waals surface area contributed by atoms with Gasteiger partial charge in [-0.05, 0) is 41.0 Å². The van der Waals surface area contributed by atoms with Crippen LogP contribution in [0.3, 0.4) is 0 Å². The molecule has 0 spiro atoms. The first-order valence-electron chi connectivity index (χ1n) is 14.9. The molecule has 4 atom stereocenters. The maximum absolute atomic E-state index is 13.0. The number of aliphatic hydroxyl groups is 2. The lowest BCUT2D eigenvalue weighted by molar-refractivity contribution is -0.114. The number of ether oxygens (including phenoxy) is 4. The SMILES string of the molecule is COc1ccc(C(OC[C@H]2O[C@@H](n3cnc4c(=O)n(C)c(NC(C)=O)nc43)[C@H](O)[C@@H]2O)(c2ccccc2)c2ccc(OC)cc2)cc1. The standard InChI is InChI=1S/C34H35N5O8/c1-20(40)36-33-37-30-27(31(43)38(33)2)35-19-39(30)32-29(42)28(41)26(47-32)18-46-34(21-8-6-5-7-9-21,22-10-14-24(44-3)15-11-22)23-12-16-25(45-4)17-13-23/h5-17,19,26,28-29,32,41-42H,18H2,1-4H3,(H,36,37,40)/t26-,28-,29-,32-/m1/s1. The number of aromatic nitrogens is 4. The number of hydrogen-bond acceptors (Lipinski definition) is 10. The molecule has 5 aromatic rings. The van der Waals surface area contributed by atoms with E-state index < -0.39 is 41.6 Å². The number of anilines is 1. The van der Waals surface area contributed by atoms with Gasteiger partial charge in [0.15, 0.2) is 17.4 Å². The third-order valence-electron chi connectivity index (χ3n) is 8.34. The Bertz CT molecular complexity index is 1880. The molecule has 47 heavy (non-hydrogen) atoms. The molecule has 1 amide bonds. The highest BCUT2D eigenvalue weighted by Gasteiger charge is 2.47. The van der Waals surface area contributed by atoms with E-state index >= 15 is 0 Å². The Morgan fingerprint density at radius 1 is 0.915 bits per heavy atom. The van der Waals surface area contributed by atoms with Gasteiger partial charge in [-0.25, -0.2) is 4.98 Å². The second-order valence-corrected chi connectivity index (χ2v) is 11.2. The largest absolute Gasteiger partial charge is 0.497 e. The zero-order chi connectivity index (χ0) is 33.3. The van der Waals surface area contributed by atoms with Crippen LogP contribution in [0.25, 0.3) is 11.2 Å². The fraction of sp³-hybridized carbons (Fsp3) is 0.294. The predicted octanol–water partition coefficient (Wildman–Crippen LogP) is 2.73. The average Bonchev–Trinajstić information content (AvgIpc) is 3.64. The highest BCUT2D eigenvalue weighted by Crippen LogP contribution is 2.43. The molecule has 1 fully saturated rings. The maximum atomic E-state index is 13.0. The van der Waals surface area contributed by atoms with Crippen molar-refractivity contribution in [2.24, 2.45) is 7.05 Å². The first-order chi connectivity index (χ1) is 22.7. The van der Waals surface area contributed by atoms with Crippen molar-refractivity contribution >= 4 is 23.0 Å². The average molecular weight is 642 g/mol. The van der Waals surface area contributed by atoms with E-state index in [1.165, 1.54) is 29.4 Å². The summed E-state index contributed by atoms with van der Waals surface area (Å²) >= 11 is 0. The number of fused-ring (bicyclic) bond motifs is 1. The van der Waals surface area contributed by atoms with Gasteiger partial charge in [-0.2, -0.15) is 4.98 Å². The fourth-order valence-electron chi connectivity index (χ4n) is 5.88. The van der Waals surface area contributed by atoms with Gasteiger partial charge in [-0.15, -0.1) is 0 Å². The second kappa shape index (κ2) is 13.0. The fourth-order valence-corrected chi connectivity index (χ4v) is 5.88. The summed E-state index contributed by atoms with van der Waals surface area (Å²) in [5.41, 5.74) is 0.770. The van der Waals surface area contributed by atoms with Gasteiger partial charge in [0, 0.05) is 14.0 Å². The number of nitrogens with one attached hydrogen (secondary N) is 1. The molecule has 1 aliphatic rings. The molecule has 6 rings (SSSR count). The van der Waals surface area contributed by atoms with Crippen molar-refractivity contribution in [1.29, 1.82) is 0 Å². The van der Waals surface area contributed by atoms with E-state index in [4.69, 9.17) is 18.9 Å². The first kappa shape index (κ1) is 31.9. The summed E-state index contributed by atoms with van der Waals surface area (Å²) in [5, 5.41) is 25.0. The summed E-state index contributed by atoms with van der Waals surface area (Å²) < 4.78 is 26.5. The van der Waals surface area contributed by atoms with Crippen LogP contribution in [0.15, 0.2) is 90.0 Å². The van der Waals surface area contributed by atoms with Crippen LogP contribution in [0.1, 0.15) is 29.8 Å². The monoisotopic (exact) mass is 641 g/mol. The lowest BCUT2D eigenvalue weighted by Crippen LogP contribution is -2.39.